The maximum atomic E-state index is 12.1. The van der Waals surface area contributed by atoms with E-state index in [-0.39, 0.29) is 18.2 Å². The first kappa shape index (κ1) is 12.4. The molecule has 94 valence electrons. The highest BCUT2D eigenvalue weighted by Crippen LogP contribution is 2.10. The van der Waals surface area contributed by atoms with Crippen LogP contribution in [0.15, 0.2) is 24.8 Å². The summed E-state index contributed by atoms with van der Waals surface area (Å²) in [5.41, 5.74) is 1.60. The van der Waals surface area contributed by atoms with Crippen molar-refractivity contribution in [2.24, 2.45) is 0 Å². The smallest absolute Gasteiger partial charge is 0.171 e. The lowest BCUT2D eigenvalue weighted by molar-refractivity contribution is 0.0988. The van der Waals surface area contributed by atoms with Gasteiger partial charge in [0.1, 0.15) is 12.2 Å². The predicted octanol–water partition coefficient (Wildman–Crippen LogP) is 1.99. The Kier molecular flexibility index (Phi) is 3.50. The molecule has 5 heteroatoms. The van der Waals surface area contributed by atoms with Crippen LogP contribution in [-0.2, 0) is 6.42 Å². The Labute approximate surface area is 106 Å². The van der Waals surface area contributed by atoms with Gasteiger partial charge in [0.15, 0.2) is 5.78 Å². The van der Waals surface area contributed by atoms with Gasteiger partial charge in [-0.1, -0.05) is 0 Å². The highest BCUT2D eigenvalue weighted by molar-refractivity contribution is 5.96. The summed E-state index contributed by atoms with van der Waals surface area (Å²) in [6.45, 7) is 5.94. The zero-order chi connectivity index (χ0) is 13.1. The Bertz CT molecular complexity index is 560. The number of hydrogen-bond acceptors (Lipinski definition) is 4. The lowest BCUT2D eigenvalue weighted by Crippen LogP contribution is -2.13. The van der Waals surface area contributed by atoms with Gasteiger partial charge in [-0.05, 0) is 32.4 Å². The van der Waals surface area contributed by atoms with Crippen molar-refractivity contribution in [3.05, 3.63) is 41.7 Å². The molecule has 0 aliphatic carbocycles. The molecular formula is C13H16N4O. The maximum Gasteiger partial charge on any atom is 0.171 e. The van der Waals surface area contributed by atoms with Crippen molar-refractivity contribution >= 4 is 5.78 Å². The van der Waals surface area contributed by atoms with Crippen molar-refractivity contribution in [2.75, 3.05) is 0 Å². The van der Waals surface area contributed by atoms with Crippen LogP contribution in [0, 0.1) is 6.92 Å². The van der Waals surface area contributed by atoms with Crippen LogP contribution in [-0.4, -0.2) is 25.5 Å². The van der Waals surface area contributed by atoms with Gasteiger partial charge in [-0.3, -0.25) is 9.78 Å². The molecule has 0 aliphatic heterocycles. The van der Waals surface area contributed by atoms with E-state index in [1.165, 1.54) is 6.33 Å². The van der Waals surface area contributed by atoms with E-state index >= 15 is 0 Å². The number of pyridine rings is 1. The van der Waals surface area contributed by atoms with Gasteiger partial charge in [-0.15, -0.1) is 0 Å². The van der Waals surface area contributed by atoms with Crippen molar-refractivity contribution in [1.29, 1.82) is 0 Å². The molecule has 0 aromatic carbocycles. The van der Waals surface area contributed by atoms with Crippen molar-refractivity contribution in [2.45, 2.75) is 33.2 Å². The second kappa shape index (κ2) is 5.08. The highest BCUT2D eigenvalue weighted by Gasteiger charge is 2.14. The van der Waals surface area contributed by atoms with Gasteiger partial charge in [-0.25, -0.2) is 9.67 Å². The summed E-state index contributed by atoms with van der Waals surface area (Å²) in [7, 11) is 0. The first-order valence-electron chi connectivity index (χ1n) is 5.91. The SMILES string of the molecule is Cc1cncc(C(=O)Cc2ncnn2C(C)C)c1. The van der Waals surface area contributed by atoms with E-state index in [0.29, 0.717) is 11.4 Å². The molecule has 0 amide bonds. The lowest BCUT2D eigenvalue weighted by atomic mass is 10.1. The molecule has 2 heterocycles. The monoisotopic (exact) mass is 244 g/mol. The molecule has 0 aliphatic rings. The summed E-state index contributed by atoms with van der Waals surface area (Å²) in [4.78, 5) is 20.3. The summed E-state index contributed by atoms with van der Waals surface area (Å²) in [6.07, 6.45) is 5.05. The van der Waals surface area contributed by atoms with Crippen LogP contribution < -0.4 is 0 Å². The minimum Gasteiger partial charge on any atom is -0.294 e. The number of aryl methyl sites for hydroxylation is 1. The van der Waals surface area contributed by atoms with Gasteiger partial charge in [-0.2, -0.15) is 5.10 Å². The topological polar surface area (TPSA) is 60.7 Å². The fourth-order valence-corrected chi connectivity index (χ4v) is 1.79. The summed E-state index contributed by atoms with van der Waals surface area (Å²) >= 11 is 0. The second-order valence-corrected chi connectivity index (χ2v) is 4.57. The molecule has 2 aromatic heterocycles. The summed E-state index contributed by atoms with van der Waals surface area (Å²) in [5.74, 6) is 0.706. The average molecular weight is 244 g/mol. The molecule has 0 saturated carbocycles. The Balaban J connectivity index is 2.19. The van der Waals surface area contributed by atoms with E-state index in [4.69, 9.17) is 0 Å². The molecular weight excluding hydrogens is 228 g/mol. The van der Waals surface area contributed by atoms with Crippen LogP contribution in [0.3, 0.4) is 0 Å². The fourth-order valence-electron chi connectivity index (χ4n) is 1.79. The van der Waals surface area contributed by atoms with E-state index in [2.05, 4.69) is 15.1 Å². The molecule has 2 rings (SSSR count). The zero-order valence-corrected chi connectivity index (χ0v) is 10.8. The van der Waals surface area contributed by atoms with Crippen LogP contribution in [0.25, 0.3) is 0 Å². The molecule has 0 spiro atoms. The molecule has 0 unspecified atom stereocenters. The maximum absolute atomic E-state index is 12.1. The van der Waals surface area contributed by atoms with Gasteiger partial charge in [0.2, 0.25) is 0 Å². The van der Waals surface area contributed by atoms with E-state index < -0.39 is 0 Å². The van der Waals surface area contributed by atoms with Crippen molar-refractivity contribution in [3.63, 3.8) is 0 Å². The number of hydrogen-bond donors (Lipinski definition) is 0. The summed E-state index contributed by atoms with van der Waals surface area (Å²) in [5, 5.41) is 4.12. The van der Waals surface area contributed by atoms with Crippen molar-refractivity contribution < 1.29 is 4.79 Å². The number of Topliss-reactive ketones (excluding diaryl/α,β-unsaturated/α-hetero) is 1. The number of nitrogens with zero attached hydrogens (tertiary/aromatic N) is 4. The molecule has 2 aromatic rings. The van der Waals surface area contributed by atoms with Gasteiger partial charge >= 0.3 is 0 Å². The highest BCUT2D eigenvalue weighted by atomic mass is 16.1. The number of carbonyl (C=O) groups excluding carboxylic acids is 1. The number of carbonyl (C=O) groups is 1. The normalized spacial score (nSPS) is 10.9. The van der Waals surface area contributed by atoms with Crippen LogP contribution in [0.2, 0.25) is 0 Å². The molecule has 0 N–H and O–H groups in total. The molecule has 0 radical (unpaired) electrons. The third-order valence-corrected chi connectivity index (χ3v) is 2.65. The number of aromatic nitrogens is 4. The third-order valence-electron chi connectivity index (χ3n) is 2.65. The summed E-state index contributed by atoms with van der Waals surface area (Å²) in [6, 6.07) is 2.04. The Morgan fingerprint density at radius 1 is 1.39 bits per heavy atom. The van der Waals surface area contributed by atoms with Gasteiger partial charge < -0.3 is 0 Å². The van der Waals surface area contributed by atoms with E-state index in [0.717, 1.165) is 5.56 Å². The molecule has 5 nitrogen and oxygen atoms in total. The number of rotatable bonds is 4. The van der Waals surface area contributed by atoms with Gasteiger partial charge in [0.05, 0.1) is 6.42 Å². The predicted molar refractivity (Wildman–Crippen MR) is 67.4 cm³/mol. The minimum absolute atomic E-state index is 0.0149. The third kappa shape index (κ3) is 2.61. The first-order chi connectivity index (χ1) is 8.58. The van der Waals surface area contributed by atoms with Gasteiger partial charge in [0.25, 0.3) is 0 Å². The first-order valence-corrected chi connectivity index (χ1v) is 5.91. The van der Waals surface area contributed by atoms with Crippen LogP contribution in [0.4, 0.5) is 0 Å². The largest absolute Gasteiger partial charge is 0.294 e. The standard InChI is InChI=1S/C13H16N4O/c1-9(2)17-13(15-8-16-17)5-12(18)11-4-10(3)6-14-7-11/h4,6-9H,5H2,1-3H3. The zero-order valence-electron chi connectivity index (χ0n) is 10.8. The minimum atomic E-state index is 0.0149. The van der Waals surface area contributed by atoms with Crippen LogP contribution in [0.1, 0.15) is 41.6 Å². The van der Waals surface area contributed by atoms with Crippen molar-refractivity contribution in [1.82, 2.24) is 19.7 Å². The fraction of sp³-hybridized carbons (Fsp3) is 0.385. The Hall–Kier alpha value is -2.04. The molecule has 0 fully saturated rings. The number of ketones is 1. The van der Waals surface area contributed by atoms with E-state index in [1.807, 2.05) is 26.8 Å². The lowest BCUT2D eigenvalue weighted by Gasteiger charge is -2.08. The molecule has 0 bridgehead atoms. The Morgan fingerprint density at radius 2 is 2.17 bits per heavy atom. The van der Waals surface area contributed by atoms with E-state index in [1.54, 1.807) is 17.1 Å². The average Bonchev–Trinajstić information content (AvgIpc) is 2.77. The molecule has 0 atom stereocenters. The van der Waals surface area contributed by atoms with Crippen molar-refractivity contribution in [3.8, 4) is 0 Å². The quantitative estimate of drug-likeness (QED) is 0.772. The van der Waals surface area contributed by atoms with Crippen LogP contribution in [0.5, 0.6) is 0 Å². The van der Waals surface area contributed by atoms with E-state index in [9.17, 15) is 4.79 Å². The molecule has 18 heavy (non-hydrogen) atoms. The Morgan fingerprint density at radius 3 is 2.83 bits per heavy atom. The summed E-state index contributed by atoms with van der Waals surface area (Å²) < 4.78 is 1.77. The second-order valence-electron chi connectivity index (χ2n) is 4.57. The molecule has 0 saturated heterocycles. The van der Waals surface area contributed by atoms with Crippen LogP contribution >= 0.6 is 0 Å². The van der Waals surface area contributed by atoms with Gasteiger partial charge in [0, 0.05) is 24.0 Å².